The van der Waals surface area contributed by atoms with Crippen molar-refractivity contribution in [3.05, 3.63) is 81.6 Å². The van der Waals surface area contributed by atoms with E-state index in [0.717, 1.165) is 17.0 Å². The summed E-state index contributed by atoms with van der Waals surface area (Å²) in [5, 5.41) is 10.8. The third kappa shape index (κ3) is 3.53. The van der Waals surface area contributed by atoms with Crippen molar-refractivity contribution in [1.82, 2.24) is 9.88 Å². The summed E-state index contributed by atoms with van der Waals surface area (Å²) < 4.78 is 30.0. The minimum absolute atomic E-state index is 0.0663. The molecular formula is C22H16BClF2N4O2. The molecule has 3 aromatic rings. The molecule has 3 N–H and O–H groups in total. The second-order valence-electron chi connectivity index (χ2n) is 7.28. The quantitative estimate of drug-likeness (QED) is 0.361. The Morgan fingerprint density at radius 3 is 2.56 bits per heavy atom. The number of hydrogen-bond acceptors (Lipinski definition) is 5. The van der Waals surface area contributed by atoms with Crippen LogP contribution in [0.1, 0.15) is 27.2 Å². The van der Waals surface area contributed by atoms with Crippen molar-refractivity contribution < 1.29 is 18.7 Å². The number of amides is 1. The van der Waals surface area contributed by atoms with Gasteiger partial charge in [0, 0.05) is 30.6 Å². The predicted octanol–water partition coefficient (Wildman–Crippen LogP) is 3.24. The minimum Gasteiger partial charge on any atom is -0.397 e. The average Bonchev–Trinajstić information content (AvgIpc) is 2.94. The summed E-state index contributed by atoms with van der Waals surface area (Å²) >= 11 is 6.15. The van der Waals surface area contributed by atoms with Crippen molar-refractivity contribution in [2.24, 2.45) is 4.99 Å². The molecule has 4 rings (SSSR count). The van der Waals surface area contributed by atoms with Gasteiger partial charge in [-0.15, -0.1) is 0 Å². The Balaban J connectivity index is 1.72. The van der Waals surface area contributed by atoms with Crippen molar-refractivity contribution in [3.63, 3.8) is 0 Å². The lowest BCUT2D eigenvalue weighted by Crippen LogP contribution is -2.44. The number of carbonyl (C=O) groups is 1. The summed E-state index contributed by atoms with van der Waals surface area (Å²) in [5.74, 6) is -2.54. The summed E-state index contributed by atoms with van der Waals surface area (Å²) in [6, 6.07) is 8.24. The first-order valence-corrected chi connectivity index (χ1v) is 9.81. The fourth-order valence-corrected chi connectivity index (χ4v) is 3.85. The molecule has 1 atom stereocenters. The zero-order chi connectivity index (χ0) is 23.2. The lowest BCUT2D eigenvalue weighted by atomic mass is 9.87. The average molecular weight is 453 g/mol. The van der Waals surface area contributed by atoms with E-state index in [4.69, 9.17) is 25.2 Å². The fraction of sp³-hybridized carbons (Fsp3) is 0.136. The van der Waals surface area contributed by atoms with Gasteiger partial charge in [-0.05, 0) is 47.5 Å². The summed E-state index contributed by atoms with van der Waals surface area (Å²) in [4.78, 5) is 21.3. The van der Waals surface area contributed by atoms with Crippen LogP contribution in [0.4, 0.5) is 14.5 Å². The first-order chi connectivity index (χ1) is 15.1. The molecule has 0 aliphatic carbocycles. The molecule has 1 amide bonds. The van der Waals surface area contributed by atoms with Crippen LogP contribution in [-0.2, 0) is 12.2 Å². The van der Waals surface area contributed by atoms with Gasteiger partial charge in [-0.2, -0.15) is 0 Å². The normalized spacial score (nSPS) is 17.9. The number of benzene rings is 2. The van der Waals surface area contributed by atoms with Gasteiger partial charge in [0.1, 0.15) is 17.3 Å². The maximum Gasteiger partial charge on any atom is 0.258 e. The molecule has 1 aliphatic rings. The van der Waals surface area contributed by atoms with E-state index in [9.17, 15) is 18.7 Å². The van der Waals surface area contributed by atoms with Crippen molar-refractivity contribution in [2.45, 2.75) is 12.2 Å². The van der Waals surface area contributed by atoms with E-state index in [1.54, 1.807) is 13.1 Å². The number of aliphatic imine (C=N–C) groups is 1. The third-order valence-electron chi connectivity index (χ3n) is 5.26. The molecule has 10 heteroatoms. The van der Waals surface area contributed by atoms with Crippen molar-refractivity contribution in [3.8, 4) is 11.1 Å². The van der Waals surface area contributed by atoms with Gasteiger partial charge in [-0.3, -0.25) is 14.8 Å². The van der Waals surface area contributed by atoms with Crippen LogP contribution in [0.3, 0.4) is 0 Å². The Hall–Kier alpha value is -3.30. The molecule has 0 spiro atoms. The molecule has 1 unspecified atom stereocenters. The van der Waals surface area contributed by atoms with Gasteiger partial charge in [0.2, 0.25) is 0 Å². The number of nitrogens with zero attached hydrogens (tertiary/aromatic N) is 3. The summed E-state index contributed by atoms with van der Waals surface area (Å²) in [6.45, 7) is -0.601. The first kappa shape index (κ1) is 21.9. The molecule has 2 radical (unpaired) electrons. The number of aromatic nitrogens is 1. The Labute approximate surface area is 188 Å². The van der Waals surface area contributed by atoms with Crippen molar-refractivity contribution in [1.29, 1.82) is 0 Å². The topological polar surface area (TPSA) is 91.8 Å². The van der Waals surface area contributed by atoms with Gasteiger partial charge in [0.05, 0.1) is 28.5 Å². The van der Waals surface area contributed by atoms with Crippen molar-refractivity contribution >= 4 is 37.3 Å². The van der Waals surface area contributed by atoms with Crippen molar-refractivity contribution in [2.75, 3.05) is 12.8 Å². The smallest absolute Gasteiger partial charge is 0.258 e. The molecule has 2 heterocycles. The van der Waals surface area contributed by atoms with Crippen LogP contribution in [0.15, 0.2) is 47.6 Å². The van der Waals surface area contributed by atoms with Gasteiger partial charge in [0.25, 0.3) is 5.91 Å². The highest BCUT2D eigenvalue weighted by atomic mass is 35.5. The van der Waals surface area contributed by atoms with E-state index in [-0.39, 0.29) is 21.8 Å². The lowest BCUT2D eigenvalue weighted by molar-refractivity contribution is -0.0231. The maximum absolute atomic E-state index is 15.0. The number of fused-ring (bicyclic) bond motifs is 1. The van der Waals surface area contributed by atoms with Crippen LogP contribution in [-0.4, -0.2) is 42.0 Å². The largest absolute Gasteiger partial charge is 0.397 e. The number of halogens is 3. The third-order valence-corrected chi connectivity index (χ3v) is 5.58. The molecule has 0 saturated heterocycles. The molecule has 0 saturated carbocycles. The van der Waals surface area contributed by atoms with Gasteiger partial charge in [-0.1, -0.05) is 11.6 Å². The predicted molar refractivity (Wildman–Crippen MR) is 118 cm³/mol. The zero-order valence-electron chi connectivity index (χ0n) is 16.8. The number of anilines is 1. The van der Waals surface area contributed by atoms with Gasteiger partial charge >= 0.3 is 0 Å². The Morgan fingerprint density at radius 1 is 1.28 bits per heavy atom. The lowest BCUT2D eigenvalue weighted by Gasteiger charge is -2.31. The SMILES string of the molecule is [B]C1(O)c2ncccc2C(=O)N1Cc1c(F)cc(-c2cc(Cl)c(N)c(C=NC)c2)cc1F. The van der Waals surface area contributed by atoms with E-state index in [1.807, 2.05) is 0 Å². The summed E-state index contributed by atoms with van der Waals surface area (Å²) in [5.41, 5.74) is 4.59. The molecule has 2 aromatic carbocycles. The van der Waals surface area contributed by atoms with E-state index in [2.05, 4.69) is 9.98 Å². The number of aliphatic hydroxyl groups is 1. The van der Waals surface area contributed by atoms with Crippen LogP contribution in [0, 0.1) is 11.6 Å². The van der Waals surface area contributed by atoms with E-state index in [1.165, 1.54) is 30.6 Å². The number of rotatable bonds is 4. The zero-order valence-corrected chi connectivity index (χ0v) is 17.6. The van der Waals surface area contributed by atoms with Crippen LogP contribution in [0.25, 0.3) is 11.1 Å². The second-order valence-corrected chi connectivity index (χ2v) is 7.69. The number of pyridine rings is 1. The molecular weight excluding hydrogens is 437 g/mol. The molecule has 1 aliphatic heterocycles. The van der Waals surface area contributed by atoms with Crippen LogP contribution in [0.5, 0.6) is 0 Å². The molecule has 32 heavy (non-hydrogen) atoms. The Kier molecular flexibility index (Phi) is 5.48. The number of nitrogens with two attached hydrogens (primary N) is 1. The summed E-state index contributed by atoms with van der Waals surface area (Å²) in [6.07, 6.45) is 2.84. The van der Waals surface area contributed by atoms with Gasteiger partial charge in [0.15, 0.2) is 7.85 Å². The van der Waals surface area contributed by atoms with Gasteiger partial charge < -0.3 is 15.7 Å². The van der Waals surface area contributed by atoms with E-state index < -0.39 is 35.3 Å². The highest BCUT2D eigenvalue weighted by molar-refractivity contribution is 6.34. The maximum atomic E-state index is 15.0. The second kappa shape index (κ2) is 8.00. The highest BCUT2D eigenvalue weighted by Gasteiger charge is 2.46. The van der Waals surface area contributed by atoms with Gasteiger partial charge in [-0.25, -0.2) is 8.78 Å². The van der Waals surface area contributed by atoms with E-state index in [0.29, 0.717) is 16.8 Å². The van der Waals surface area contributed by atoms with Crippen LogP contribution in [0.2, 0.25) is 5.02 Å². The summed E-state index contributed by atoms with van der Waals surface area (Å²) in [7, 11) is 7.44. The molecule has 160 valence electrons. The minimum atomic E-state index is -2.30. The van der Waals surface area contributed by atoms with Crippen LogP contribution >= 0.6 is 11.6 Å². The van der Waals surface area contributed by atoms with Crippen LogP contribution < -0.4 is 5.73 Å². The number of carbonyl (C=O) groups excluding carboxylic acids is 1. The van der Waals surface area contributed by atoms with E-state index >= 15 is 0 Å². The number of nitrogen functional groups attached to an aromatic ring is 1. The molecule has 0 fully saturated rings. The number of hydrogen-bond donors (Lipinski definition) is 2. The standard InChI is InChI=1S/C22H16BClF2N4O2/c1-28-9-13-5-11(6-16(24)19(13)27)12-7-17(25)15(18(26)8-12)10-30-21(31)14-3-2-4-29-20(14)22(30,23)32/h2-9,32H,10,27H2,1H3. The molecule has 1 aromatic heterocycles. The first-order valence-electron chi connectivity index (χ1n) is 9.43. The highest BCUT2D eigenvalue weighted by Crippen LogP contribution is 2.36. The molecule has 0 bridgehead atoms. The fourth-order valence-electron chi connectivity index (χ4n) is 3.62. The Morgan fingerprint density at radius 2 is 1.94 bits per heavy atom. The monoisotopic (exact) mass is 452 g/mol. The Bertz CT molecular complexity index is 1260. The molecule has 6 nitrogen and oxygen atoms in total.